The Bertz CT molecular complexity index is 1420. The number of amides is 1. The third kappa shape index (κ3) is 6.49. The molecule has 0 radical (unpaired) electrons. The summed E-state index contributed by atoms with van der Waals surface area (Å²) in [4.78, 5) is 60.5. The Morgan fingerprint density at radius 2 is 1.66 bits per heavy atom. The van der Waals surface area contributed by atoms with Gasteiger partial charge in [-0.1, -0.05) is 36.4 Å². The third-order valence-corrected chi connectivity index (χ3v) is 6.16. The summed E-state index contributed by atoms with van der Waals surface area (Å²) in [5, 5.41) is 2.54. The Morgan fingerprint density at radius 3 is 2.24 bits per heavy atom. The summed E-state index contributed by atoms with van der Waals surface area (Å²) in [7, 11) is -3.26. The second-order valence-corrected chi connectivity index (χ2v) is 9.66. The van der Waals surface area contributed by atoms with Crippen LogP contribution in [0.4, 0.5) is 5.82 Å². The Labute approximate surface area is 216 Å². The lowest BCUT2D eigenvalue weighted by Crippen LogP contribution is -2.39. The number of hydrogen-bond acceptors (Lipinski definition) is 8. The first-order valence-corrected chi connectivity index (χ1v) is 13.0. The van der Waals surface area contributed by atoms with Crippen molar-refractivity contribution in [2.45, 2.75) is 24.5 Å². The lowest BCUT2D eigenvalue weighted by molar-refractivity contribution is -0.0524. The Hall–Kier alpha value is -3.93. The normalized spacial score (nSPS) is 21.3. The van der Waals surface area contributed by atoms with E-state index in [1.165, 1.54) is 31.5 Å². The molecule has 1 fully saturated rings. The van der Waals surface area contributed by atoms with Gasteiger partial charge >= 0.3 is 19.3 Å². The molecule has 2 heterocycles. The van der Waals surface area contributed by atoms with Crippen molar-refractivity contribution >= 4 is 25.3 Å². The summed E-state index contributed by atoms with van der Waals surface area (Å²) in [6.07, 6.45) is -2.21. The van der Waals surface area contributed by atoms with E-state index in [9.17, 15) is 28.7 Å². The molecule has 1 saturated heterocycles. The van der Waals surface area contributed by atoms with Crippen LogP contribution in [0.25, 0.3) is 0 Å². The van der Waals surface area contributed by atoms with E-state index in [1.807, 2.05) is 0 Å². The van der Waals surface area contributed by atoms with Gasteiger partial charge in [-0.05, 0) is 36.4 Å². The molecule has 0 unspecified atom stereocenters. The molecule has 198 valence electrons. The van der Waals surface area contributed by atoms with Gasteiger partial charge in [0, 0.05) is 24.7 Å². The van der Waals surface area contributed by atoms with Crippen LogP contribution in [0.2, 0.25) is 0 Å². The number of nitrogens with one attached hydrogen (secondary N) is 1. The molecule has 1 aliphatic heterocycles. The number of hydrogen-bond donors (Lipinski definition) is 3. The summed E-state index contributed by atoms with van der Waals surface area (Å²) < 4.78 is 29.5. The fraction of sp³-hybridized carbons (Fsp3) is 0.200. The summed E-state index contributed by atoms with van der Waals surface area (Å²) in [6, 6.07) is 17.8. The van der Waals surface area contributed by atoms with Crippen LogP contribution in [0.3, 0.4) is 0 Å². The van der Waals surface area contributed by atoms with Crippen molar-refractivity contribution in [3.8, 4) is 0 Å². The van der Waals surface area contributed by atoms with Gasteiger partial charge in [0.05, 0.1) is 5.56 Å². The van der Waals surface area contributed by atoms with E-state index in [-0.39, 0.29) is 11.4 Å². The molecule has 2 aromatic carbocycles. The van der Waals surface area contributed by atoms with Gasteiger partial charge < -0.3 is 29.3 Å². The summed E-state index contributed by atoms with van der Waals surface area (Å²) >= 11 is 0. The van der Waals surface area contributed by atoms with Crippen LogP contribution in [0.1, 0.15) is 26.9 Å². The first kappa shape index (κ1) is 27.1. The molecular weight excluding hydrogens is 517 g/mol. The van der Waals surface area contributed by atoms with Crippen LogP contribution < -0.4 is 11.0 Å². The largest absolute Gasteiger partial charge is 0.453 e. The van der Waals surface area contributed by atoms with Crippen LogP contribution in [-0.2, 0) is 18.8 Å². The minimum Gasteiger partial charge on any atom is -0.453 e. The zero-order chi connectivity index (χ0) is 27.3. The van der Waals surface area contributed by atoms with Crippen LogP contribution in [0.5, 0.6) is 0 Å². The van der Waals surface area contributed by atoms with E-state index < -0.39 is 49.7 Å². The van der Waals surface area contributed by atoms with Gasteiger partial charge in [-0.2, -0.15) is 4.98 Å². The van der Waals surface area contributed by atoms with Crippen molar-refractivity contribution < 1.29 is 38.2 Å². The van der Waals surface area contributed by atoms with Gasteiger partial charge in [0.25, 0.3) is 5.91 Å². The SMILES string of the molecule is CO[C@@H]1[C@H](OC(=O)c2ccccc2)[C@@H](/C=C/P(=O)(O)O)O[C@H]1n1ccc(NC(=O)c2ccccc2)nc1=O. The number of esters is 1. The average Bonchev–Trinajstić information content (AvgIpc) is 3.24. The van der Waals surface area contributed by atoms with Crippen LogP contribution in [0.15, 0.2) is 89.6 Å². The molecule has 0 aliphatic carbocycles. The Balaban J connectivity index is 1.60. The third-order valence-electron chi connectivity index (χ3n) is 5.60. The van der Waals surface area contributed by atoms with Crippen molar-refractivity contribution in [1.82, 2.24) is 9.55 Å². The highest BCUT2D eigenvalue weighted by Crippen LogP contribution is 2.39. The number of rotatable bonds is 8. The fourth-order valence-electron chi connectivity index (χ4n) is 3.85. The predicted octanol–water partition coefficient (Wildman–Crippen LogP) is 2.33. The molecule has 0 saturated carbocycles. The molecule has 4 atom stereocenters. The molecule has 0 bridgehead atoms. The minimum absolute atomic E-state index is 0.00272. The molecule has 13 heteroatoms. The molecule has 3 N–H and O–H groups in total. The number of benzene rings is 2. The summed E-state index contributed by atoms with van der Waals surface area (Å²) in [5.74, 6) is -0.560. The van der Waals surface area contributed by atoms with Crippen molar-refractivity contribution in [2.24, 2.45) is 0 Å². The Kier molecular flexibility index (Phi) is 8.30. The molecule has 4 rings (SSSR count). The average molecular weight is 541 g/mol. The van der Waals surface area contributed by atoms with Crippen molar-refractivity contribution in [2.75, 3.05) is 12.4 Å². The number of ether oxygens (including phenoxy) is 3. The number of anilines is 1. The molecule has 12 nitrogen and oxygen atoms in total. The zero-order valence-electron chi connectivity index (χ0n) is 20.0. The van der Waals surface area contributed by atoms with Gasteiger partial charge in [0.15, 0.2) is 12.3 Å². The highest BCUT2D eigenvalue weighted by Gasteiger charge is 2.48. The van der Waals surface area contributed by atoms with Gasteiger partial charge in [0.1, 0.15) is 18.0 Å². The van der Waals surface area contributed by atoms with Gasteiger partial charge in [-0.3, -0.25) is 13.9 Å². The van der Waals surface area contributed by atoms with Gasteiger partial charge in [-0.15, -0.1) is 0 Å². The number of nitrogens with zero attached hydrogens (tertiary/aromatic N) is 2. The first-order valence-electron chi connectivity index (χ1n) is 11.3. The lowest BCUT2D eigenvalue weighted by atomic mass is 10.1. The topological polar surface area (TPSA) is 166 Å². The predicted molar refractivity (Wildman–Crippen MR) is 134 cm³/mol. The van der Waals surface area contributed by atoms with Gasteiger partial charge in [0.2, 0.25) is 0 Å². The van der Waals surface area contributed by atoms with E-state index in [0.29, 0.717) is 11.4 Å². The number of methoxy groups -OCH3 is 1. The molecule has 0 spiro atoms. The smallest absolute Gasteiger partial charge is 0.351 e. The molecule has 3 aromatic rings. The summed E-state index contributed by atoms with van der Waals surface area (Å²) in [5.41, 5.74) is -0.198. The maximum absolute atomic E-state index is 12.9. The van der Waals surface area contributed by atoms with Crippen molar-refractivity contribution in [3.05, 3.63) is 106 Å². The maximum atomic E-state index is 12.9. The molecule has 1 aromatic heterocycles. The van der Waals surface area contributed by atoms with Crippen LogP contribution in [-0.4, -0.2) is 56.6 Å². The quantitative estimate of drug-likeness (QED) is 0.285. The number of carbonyl (C=O) groups excluding carboxylic acids is 2. The molecule has 1 aliphatic rings. The van der Waals surface area contributed by atoms with E-state index in [0.717, 1.165) is 10.6 Å². The molecule has 1 amide bonds. The lowest BCUT2D eigenvalue weighted by Gasteiger charge is -2.23. The maximum Gasteiger partial charge on any atom is 0.351 e. The standard InChI is InChI=1S/C25H24N3O9P/c1-35-21-20(37-24(30)17-10-6-3-7-11-17)18(13-15-38(32,33)34)36-23(21)28-14-12-19(27-25(28)31)26-22(29)16-8-4-2-5-9-16/h2-15,18,20-21,23H,1H3,(H2,32,33,34)(H,26,27,29,31)/b15-13+/t18-,20-,21-,23-/m1/s1. The second-order valence-electron chi connectivity index (χ2n) is 8.18. The molecular formula is C25H24N3O9P. The van der Waals surface area contributed by atoms with Crippen molar-refractivity contribution in [3.63, 3.8) is 0 Å². The number of carbonyl (C=O) groups is 2. The van der Waals surface area contributed by atoms with Crippen LogP contribution >= 0.6 is 7.60 Å². The zero-order valence-corrected chi connectivity index (χ0v) is 20.9. The second kappa shape index (κ2) is 11.6. The summed E-state index contributed by atoms with van der Waals surface area (Å²) in [6.45, 7) is 0. The van der Waals surface area contributed by atoms with Gasteiger partial charge in [-0.25, -0.2) is 9.59 Å². The van der Waals surface area contributed by atoms with E-state index in [1.54, 1.807) is 48.5 Å². The van der Waals surface area contributed by atoms with E-state index in [2.05, 4.69) is 10.3 Å². The monoisotopic (exact) mass is 541 g/mol. The Morgan fingerprint density at radius 1 is 1.03 bits per heavy atom. The van der Waals surface area contributed by atoms with E-state index >= 15 is 0 Å². The number of aromatic nitrogens is 2. The minimum atomic E-state index is -4.57. The van der Waals surface area contributed by atoms with Crippen molar-refractivity contribution in [1.29, 1.82) is 0 Å². The highest BCUT2D eigenvalue weighted by molar-refractivity contribution is 7.55. The first-order chi connectivity index (χ1) is 18.2. The van der Waals surface area contributed by atoms with Crippen LogP contribution in [0, 0.1) is 0 Å². The fourth-order valence-corrected chi connectivity index (χ4v) is 4.24. The van der Waals surface area contributed by atoms with E-state index in [4.69, 9.17) is 14.2 Å². The molecule has 38 heavy (non-hydrogen) atoms. The highest BCUT2D eigenvalue weighted by atomic mass is 31.2.